The summed E-state index contributed by atoms with van der Waals surface area (Å²) in [4.78, 5) is 11.8. The Bertz CT molecular complexity index is 236. The number of rotatable bonds is 5. The molecule has 1 unspecified atom stereocenters. The largest absolute Gasteiger partial charge is 0.393 e. The molecular formula is C13H26N2O2. The van der Waals surface area contributed by atoms with Crippen LogP contribution in [-0.2, 0) is 4.79 Å². The second-order valence-corrected chi connectivity index (χ2v) is 5.47. The molecule has 0 bridgehead atoms. The van der Waals surface area contributed by atoms with Crippen LogP contribution in [0, 0.1) is 5.92 Å². The zero-order chi connectivity index (χ0) is 12.8. The van der Waals surface area contributed by atoms with Gasteiger partial charge in [-0.15, -0.1) is 0 Å². The summed E-state index contributed by atoms with van der Waals surface area (Å²) in [7, 11) is 1.68. The molecule has 1 amide bonds. The number of carbonyl (C=O) groups excluding carboxylic acids is 1. The second-order valence-electron chi connectivity index (χ2n) is 5.47. The van der Waals surface area contributed by atoms with Crippen LogP contribution in [0.3, 0.4) is 0 Å². The fourth-order valence-corrected chi connectivity index (χ4v) is 2.42. The molecule has 0 saturated heterocycles. The maximum absolute atomic E-state index is 11.8. The lowest BCUT2D eigenvalue weighted by Gasteiger charge is -2.30. The van der Waals surface area contributed by atoms with Crippen LogP contribution in [-0.4, -0.2) is 36.2 Å². The topological polar surface area (TPSA) is 61.4 Å². The minimum atomic E-state index is -0.142. The van der Waals surface area contributed by atoms with E-state index in [0.717, 1.165) is 32.1 Å². The average molecular weight is 242 g/mol. The predicted molar refractivity (Wildman–Crippen MR) is 68.7 cm³/mol. The van der Waals surface area contributed by atoms with E-state index in [0.29, 0.717) is 12.0 Å². The molecule has 1 atom stereocenters. The van der Waals surface area contributed by atoms with Gasteiger partial charge in [-0.05, 0) is 38.0 Å². The lowest BCUT2D eigenvalue weighted by molar-refractivity contribution is -0.123. The molecular weight excluding hydrogens is 216 g/mol. The SMILES string of the molecule is CNC(=O)C(CC(C)C)NC1CCC(O)CC1. The summed E-state index contributed by atoms with van der Waals surface area (Å²) in [6, 6.07) is 0.277. The summed E-state index contributed by atoms with van der Waals surface area (Å²) in [5.74, 6) is 0.573. The van der Waals surface area contributed by atoms with E-state index in [1.165, 1.54) is 0 Å². The smallest absolute Gasteiger partial charge is 0.236 e. The van der Waals surface area contributed by atoms with E-state index in [9.17, 15) is 9.90 Å². The molecule has 0 aromatic carbocycles. The highest BCUT2D eigenvalue weighted by Gasteiger charge is 2.25. The Morgan fingerprint density at radius 2 is 1.88 bits per heavy atom. The first-order valence-corrected chi connectivity index (χ1v) is 6.68. The van der Waals surface area contributed by atoms with Crippen molar-refractivity contribution in [1.29, 1.82) is 0 Å². The molecule has 1 aliphatic rings. The summed E-state index contributed by atoms with van der Waals surface area (Å²) in [5.41, 5.74) is 0. The Kier molecular flexibility index (Phi) is 5.92. The van der Waals surface area contributed by atoms with E-state index >= 15 is 0 Å². The minimum Gasteiger partial charge on any atom is -0.393 e. The highest BCUT2D eigenvalue weighted by molar-refractivity contribution is 5.81. The van der Waals surface area contributed by atoms with Crippen molar-refractivity contribution in [3.63, 3.8) is 0 Å². The quantitative estimate of drug-likeness (QED) is 0.675. The van der Waals surface area contributed by atoms with Crippen LogP contribution < -0.4 is 10.6 Å². The van der Waals surface area contributed by atoms with Gasteiger partial charge in [0, 0.05) is 13.1 Å². The zero-order valence-corrected chi connectivity index (χ0v) is 11.2. The first-order chi connectivity index (χ1) is 8.02. The Labute approximate surface area is 104 Å². The van der Waals surface area contributed by atoms with Gasteiger partial charge in [-0.1, -0.05) is 13.8 Å². The molecule has 3 N–H and O–H groups in total. The number of amides is 1. The molecule has 0 radical (unpaired) electrons. The van der Waals surface area contributed by atoms with Gasteiger partial charge in [0.25, 0.3) is 0 Å². The van der Waals surface area contributed by atoms with Gasteiger partial charge in [-0.25, -0.2) is 0 Å². The Hall–Kier alpha value is -0.610. The number of likely N-dealkylation sites (N-methyl/N-ethyl adjacent to an activating group) is 1. The molecule has 1 aliphatic carbocycles. The van der Waals surface area contributed by atoms with Gasteiger partial charge >= 0.3 is 0 Å². The standard InChI is InChI=1S/C13H26N2O2/c1-9(2)8-12(13(17)14-3)15-10-4-6-11(16)7-5-10/h9-12,15-16H,4-8H2,1-3H3,(H,14,17). The molecule has 0 heterocycles. The average Bonchev–Trinajstić information content (AvgIpc) is 2.29. The van der Waals surface area contributed by atoms with E-state index in [1.54, 1.807) is 7.05 Å². The van der Waals surface area contributed by atoms with E-state index in [2.05, 4.69) is 24.5 Å². The molecule has 0 aliphatic heterocycles. The van der Waals surface area contributed by atoms with Crippen molar-refractivity contribution in [3.05, 3.63) is 0 Å². The second kappa shape index (κ2) is 6.97. The van der Waals surface area contributed by atoms with Crippen molar-refractivity contribution in [2.75, 3.05) is 7.05 Å². The van der Waals surface area contributed by atoms with Crippen LogP contribution >= 0.6 is 0 Å². The lowest BCUT2D eigenvalue weighted by Crippen LogP contribution is -2.49. The highest BCUT2D eigenvalue weighted by Crippen LogP contribution is 2.19. The summed E-state index contributed by atoms with van der Waals surface area (Å²) in [6.07, 6.45) is 4.34. The van der Waals surface area contributed by atoms with Crippen molar-refractivity contribution in [2.45, 2.75) is 64.1 Å². The molecule has 1 rings (SSSR count). The van der Waals surface area contributed by atoms with Crippen molar-refractivity contribution in [1.82, 2.24) is 10.6 Å². The Balaban J connectivity index is 2.45. The maximum atomic E-state index is 11.8. The molecule has 1 saturated carbocycles. The number of aliphatic hydroxyl groups excluding tert-OH is 1. The number of hydrogen-bond donors (Lipinski definition) is 3. The fourth-order valence-electron chi connectivity index (χ4n) is 2.42. The van der Waals surface area contributed by atoms with Gasteiger partial charge in [0.15, 0.2) is 0 Å². The molecule has 4 nitrogen and oxygen atoms in total. The molecule has 0 aromatic heterocycles. The van der Waals surface area contributed by atoms with Crippen molar-refractivity contribution in [3.8, 4) is 0 Å². The lowest BCUT2D eigenvalue weighted by atomic mass is 9.91. The Morgan fingerprint density at radius 1 is 1.29 bits per heavy atom. The van der Waals surface area contributed by atoms with Crippen molar-refractivity contribution < 1.29 is 9.90 Å². The number of carbonyl (C=O) groups is 1. The molecule has 0 spiro atoms. The van der Waals surface area contributed by atoms with Crippen LogP contribution in [0.5, 0.6) is 0 Å². The van der Waals surface area contributed by atoms with E-state index < -0.39 is 0 Å². The summed E-state index contributed by atoms with van der Waals surface area (Å²) in [5, 5.41) is 15.6. The summed E-state index contributed by atoms with van der Waals surface area (Å²) >= 11 is 0. The van der Waals surface area contributed by atoms with Gasteiger partial charge < -0.3 is 15.7 Å². The van der Waals surface area contributed by atoms with E-state index in [-0.39, 0.29) is 18.1 Å². The highest BCUT2D eigenvalue weighted by atomic mass is 16.3. The molecule has 100 valence electrons. The maximum Gasteiger partial charge on any atom is 0.236 e. The third-order valence-corrected chi connectivity index (χ3v) is 3.40. The van der Waals surface area contributed by atoms with Gasteiger partial charge in [-0.2, -0.15) is 0 Å². The van der Waals surface area contributed by atoms with Crippen molar-refractivity contribution in [2.24, 2.45) is 5.92 Å². The molecule has 4 heteroatoms. The van der Waals surface area contributed by atoms with Crippen LogP contribution in [0.15, 0.2) is 0 Å². The first kappa shape index (κ1) is 14.5. The molecule has 0 aromatic rings. The molecule has 1 fully saturated rings. The van der Waals surface area contributed by atoms with E-state index in [4.69, 9.17) is 0 Å². The zero-order valence-electron chi connectivity index (χ0n) is 11.2. The Morgan fingerprint density at radius 3 is 2.35 bits per heavy atom. The monoisotopic (exact) mass is 242 g/mol. The van der Waals surface area contributed by atoms with E-state index in [1.807, 2.05) is 0 Å². The van der Waals surface area contributed by atoms with Crippen LogP contribution in [0.1, 0.15) is 46.0 Å². The predicted octanol–water partition coefficient (Wildman–Crippen LogP) is 1.04. The van der Waals surface area contributed by atoms with Gasteiger partial charge in [0.1, 0.15) is 0 Å². The van der Waals surface area contributed by atoms with Gasteiger partial charge in [-0.3, -0.25) is 4.79 Å². The first-order valence-electron chi connectivity index (χ1n) is 6.68. The fraction of sp³-hybridized carbons (Fsp3) is 0.923. The summed E-state index contributed by atoms with van der Waals surface area (Å²) in [6.45, 7) is 4.25. The number of hydrogen-bond acceptors (Lipinski definition) is 3. The third-order valence-electron chi connectivity index (χ3n) is 3.40. The number of nitrogens with one attached hydrogen (secondary N) is 2. The number of aliphatic hydroxyl groups is 1. The van der Waals surface area contributed by atoms with Gasteiger partial charge in [0.05, 0.1) is 12.1 Å². The molecule has 17 heavy (non-hydrogen) atoms. The third kappa shape index (κ3) is 5.04. The van der Waals surface area contributed by atoms with Crippen LogP contribution in [0.4, 0.5) is 0 Å². The van der Waals surface area contributed by atoms with Crippen LogP contribution in [0.2, 0.25) is 0 Å². The summed E-state index contributed by atoms with van der Waals surface area (Å²) < 4.78 is 0. The minimum absolute atomic E-state index is 0.0739. The van der Waals surface area contributed by atoms with Crippen molar-refractivity contribution >= 4 is 5.91 Å². The normalized spacial score (nSPS) is 26.9. The van der Waals surface area contributed by atoms with Crippen LogP contribution in [0.25, 0.3) is 0 Å². The van der Waals surface area contributed by atoms with Gasteiger partial charge in [0.2, 0.25) is 5.91 Å².